The molecule has 4 nitrogen and oxygen atoms in total. The Bertz CT molecular complexity index is 684. The quantitative estimate of drug-likeness (QED) is 0.570. The molecule has 0 aliphatic heterocycles. The molecule has 0 radical (unpaired) electrons. The normalized spacial score (nSPS) is 11.5. The lowest BCUT2D eigenvalue weighted by Gasteiger charge is -2.22. The van der Waals surface area contributed by atoms with Crippen molar-refractivity contribution in [1.82, 2.24) is 9.78 Å². The third-order valence-electron chi connectivity index (χ3n) is 3.26. The molecular weight excluding hydrogens is 379 g/mol. The van der Waals surface area contributed by atoms with Gasteiger partial charge in [0.05, 0.1) is 22.1 Å². The first-order valence-electron chi connectivity index (χ1n) is 6.70. The van der Waals surface area contributed by atoms with Crippen LogP contribution in [0, 0.1) is 10.5 Å². The highest BCUT2D eigenvalue weighted by Gasteiger charge is 2.30. The molecule has 2 rings (SSSR count). The van der Waals surface area contributed by atoms with Gasteiger partial charge in [-0.2, -0.15) is 5.10 Å². The largest absolute Gasteiger partial charge is 0.464 e. The van der Waals surface area contributed by atoms with E-state index in [0.29, 0.717) is 5.69 Å². The zero-order chi connectivity index (χ0) is 15.8. The van der Waals surface area contributed by atoms with Crippen molar-refractivity contribution in [2.45, 2.75) is 33.1 Å². The van der Waals surface area contributed by atoms with E-state index in [9.17, 15) is 4.79 Å². The second-order valence-corrected chi connectivity index (χ2v) is 7.03. The molecule has 0 saturated carbocycles. The van der Waals surface area contributed by atoms with Gasteiger partial charge in [0.15, 0.2) is 5.69 Å². The Morgan fingerprint density at radius 1 is 1.29 bits per heavy atom. The number of nitrogens with zero attached hydrogens (tertiary/aromatic N) is 2. The lowest BCUT2D eigenvalue weighted by atomic mass is 9.91. The van der Waals surface area contributed by atoms with Crippen molar-refractivity contribution in [2.75, 3.05) is 7.11 Å². The molecular formula is C16H19IN2O2. The number of hydrogen-bond acceptors (Lipinski definition) is 3. The van der Waals surface area contributed by atoms with E-state index >= 15 is 0 Å². The number of para-hydroxylation sites is 1. The van der Waals surface area contributed by atoms with Gasteiger partial charge >= 0.3 is 5.97 Å². The summed E-state index contributed by atoms with van der Waals surface area (Å²) in [6.07, 6.45) is 0. The summed E-state index contributed by atoms with van der Waals surface area (Å²) in [5.41, 5.74) is 3.33. The summed E-state index contributed by atoms with van der Waals surface area (Å²) in [4.78, 5) is 11.9. The molecule has 0 N–H and O–H groups in total. The molecule has 112 valence electrons. The van der Waals surface area contributed by atoms with Crippen LogP contribution in [-0.2, 0) is 10.2 Å². The Morgan fingerprint density at radius 2 is 1.90 bits per heavy atom. The molecule has 0 unspecified atom stereocenters. The fourth-order valence-corrected chi connectivity index (χ4v) is 3.61. The van der Waals surface area contributed by atoms with Crippen molar-refractivity contribution in [2.24, 2.45) is 0 Å². The molecule has 0 amide bonds. The molecule has 0 bridgehead atoms. The zero-order valence-corrected chi connectivity index (χ0v) is 15.1. The Morgan fingerprint density at radius 3 is 2.43 bits per heavy atom. The Labute approximate surface area is 138 Å². The standard InChI is InChI=1S/C16H19IN2O2/c1-10-8-6-7-9-11(10)19-14(16(2,3)4)12(17)13(18-19)15(20)21-5/h6-9H,1-5H3. The molecule has 5 heteroatoms. The first-order valence-corrected chi connectivity index (χ1v) is 7.78. The summed E-state index contributed by atoms with van der Waals surface area (Å²) in [5, 5.41) is 4.51. The minimum Gasteiger partial charge on any atom is -0.464 e. The molecule has 21 heavy (non-hydrogen) atoms. The van der Waals surface area contributed by atoms with Gasteiger partial charge in [-0.25, -0.2) is 9.48 Å². The number of ether oxygens (including phenoxy) is 1. The molecule has 1 heterocycles. The number of carbonyl (C=O) groups is 1. The van der Waals surface area contributed by atoms with E-state index < -0.39 is 5.97 Å². The number of aromatic nitrogens is 2. The average Bonchev–Trinajstić information content (AvgIpc) is 2.75. The third kappa shape index (κ3) is 2.97. The molecule has 0 atom stereocenters. The average molecular weight is 398 g/mol. The number of benzene rings is 1. The predicted molar refractivity (Wildman–Crippen MR) is 91.1 cm³/mol. The van der Waals surface area contributed by atoms with Gasteiger partial charge in [-0.15, -0.1) is 0 Å². The van der Waals surface area contributed by atoms with Crippen LogP contribution < -0.4 is 0 Å². The molecule has 1 aromatic heterocycles. The van der Waals surface area contributed by atoms with Crippen LogP contribution in [0.1, 0.15) is 42.5 Å². The smallest absolute Gasteiger partial charge is 0.359 e. The van der Waals surface area contributed by atoms with Gasteiger partial charge in [0.1, 0.15) is 0 Å². The first-order chi connectivity index (χ1) is 9.77. The van der Waals surface area contributed by atoms with Crippen molar-refractivity contribution in [3.05, 3.63) is 44.8 Å². The number of rotatable bonds is 2. The van der Waals surface area contributed by atoms with E-state index in [1.807, 2.05) is 35.9 Å². The highest BCUT2D eigenvalue weighted by atomic mass is 127. The lowest BCUT2D eigenvalue weighted by molar-refractivity contribution is 0.0592. The monoisotopic (exact) mass is 398 g/mol. The Balaban J connectivity index is 2.77. The van der Waals surface area contributed by atoms with E-state index in [1.54, 1.807) is 0 Å². The molecule has 0 aliphatic rings. The van der Waals surface area contributed by atoms with Gasteiger partial charge in [0.2, 0.25) is 0 Å². The van der Waals surface area contributed by atoms with E-state index in [2.05, 4.69) is 48.5 Å². The third-order valence-corrected chi connectivity index (χ3v) is 4.28. The van der Waals surface area contributed by atoms with Crippen LogP contribution in [0.4, 0.5) is 0 Å². The molecule has 0 fully saturated rings. The van der Waals surface area contributed by atoms with Gasteiger partial charge in [-0.1, -0.05) is 39.0 Å². The van der Waals surface area contributed by atoms with Crippen LogP contribution >= 0.6 is 22.6 Å². The summed E-state index contributed by atoms with van der Waals surface area (Å²) >= 11 is 2.18. The second-order valence-electron chi connectivity index (χ2n) is 5.95. The molecule has 0 aliphatic carbocycles. The zero-order valence-electron chi connectivity index (χ0n) is 12.9. The summed E-state index contributed by atoms with van der Waals surface area (Å²) in [5.74, 6) is -0.405. The highest BCUT2D eigenvalue weighted by Crippen LogP contribution is 2.32. The summed E-state index contributed by atoms with van der Waals surface area (Å²) in [7, 11) is 1.38. The minimum absolute atomic E-state index is 0.141. The van der Waals surface area contributed by atoms with Crippen LogP contribution in [0.3, 0.4) is 0 Å². The number of methoxy groups -OCH3 is 1. The SMILES string of the molecule is COC(=O)c1nn(-c2ccccc2C)c(C(C)(C)C)c1I. The lowest BCUT2D eigenvalue weighted by Crippen LogP contribution is -2.19. The summed E-state index contributed by atoms with van der Waals surface area (Å²) < 4.78 is 7.55. The van der Waals surface area contributed by atoms with Crippen molar-refractivity contribution in [3.8, 4) is 5.69 Å². The van der Waals surface area contributed by atoms with Crippen molar-refractivity contribution >= 4 is 28.6 Å². The Hall–Kier alpha value is -1.37. The number of esters is 1. The molecule has 2 aromatic rings. The van der Waals surface area contributed by atoms with E-state index in [-0.39, 0.29) is 5.41 Å². The van der Waals surface area contributed by atoms with Gasteiger partial charge in [-0.05, 0) is 41.1 Å². The summed E-state index contributed by atoms with van der Waals surface area (Å²) in [6.45, 7) is 8.38. The number of hydrogen-bond donors (Lipinski definition) is 0. The fourth-order valence-electron chi connectivity index (χ4n) is 2.25. The van der Waals surface area contributed by atoms with Gasteiger partial charge in [0, 0.05) is 5.41 Å². The van der Waals surface area contributed by atoms with Gasteiger partial charge < -0.3 is 4.74 Å². The predicted octanol–water partition coefficient (Wildman–Crippen LogP) is 3.87. The topological polar surface area (TPSA) is 44.1 Å². The maximum absolute atomic E-state index is 11.9. The number of carbonyl (C=O) groups excluding carboxylic acids is 1. The maximum atomic E-state index is 11.9. The molecule has 1 aromatic carbocycles. The van der Waals surface area contributed by atoms with Crippen LogP contribution in [0.15, 0.2) is 24.3 Å². The fraction of sp³-hybridized carbons (Fsp3) is 0.375. The summed E-state index contributed by atoms with van der Waals surface area (Å²) in [6, 6.07) is 8.01. The van der Waals surface area contributed by atoms with Crippen molar-refractivity contribution in [1.29, 1.82) is 0 Å². The van der Waals surface area contributed by atoms with Crippen LogP contribution in [0.25, 0.3) is 5.69 Å². The van der Waals surface area contributed by atoms with E-state index in [0.717, 1.165) is 20.5 Å². The number of halogens is 1. The van der Waals surface area contributed by atoms with Crippen molar-refractivity contribution < 1.29 is 9.53 Å². The van der Waals surface area contributed by atoms with Crippen LogP contribution in [-0.4, -0.2) is 22.9 Å². The van der Waals surface area contributed by atoms with E-state index in [4.69, 9.17) is 4.74 Å². The molecule has 0 spiro atoms. The molecule has 0 saturated heterocycles. The number of aryl methyl sites for hydroxylation is 1. The van der Waals surface area contributed by atoms with Gasteiger partial charge in [0.25, 0.3) is 0 Å². The minimum atomic E-state index is -0.405. The van der Waals surface area contributed by atoms with E-state index in [1.165, 1.54) is 7.11 Å². The van der Waals surface area contributed by atoms with Crippen LogP contribution in [0.5, 0.6) is 0 Å². The first kappa shape index (κ1) is 16.0. The van der Waals surface area contributed by atoms with Crippen LogP contribution in [0.2, 0.25) is 0 Å². The second kappa shape index (κ2) is 5.79. The van der Waals surface area contributed by atoms with Crippen molar-refractivity contribution in [3.63, 3.8) is 0 Å². The highest BCUT2D eigenvalue weighted by molar-refractivity contribution is 14.1. The Kier molecular flexibility index (Phi) is 4.41. The maximum Gasteiger partial charge on any atom is 0.359 e. The van der Waals surface area contributed by atoms with Gasteiger partial charge in [-0.3, -0.25) is 0 Å².